The molecule has 0 fully saturated rings. The highest BCUT2D eigenvalue weighted by molar-refractivity contribution is 9.10. The number of aromatic amines is 1. The quantitative estimate of drug-likeness (QED) is 0.863. The Morgan fingerprint density at radius 2 is 2.07 bits per heavy atom. The zero-order chi connectivity index (χ0) is 10.8. The van der Waals surface area contributed by atoms with E-state index in [2.05, 4.69) is 26.1 Å². The molecule has 0 saturated carbocycles. The molecule has 3 nitrogen and oxygen atoms in total. The van der Waals surface area contributed by atoms with E-state index in [-0.39, 0.29) is 11.4 Å². The fraction of sp³-hybridized carbons (Fsp3) is 0. The molecule has 0 aliphatic carbocycles. The van der Waals surface area contributed by atoms with Gasteiger partial charge in [-0.05, 0) is 28.1 Å². The van der Waals surface area contributed by atoms with Crippen LogP contribution in [0.25, 0.3) is 11.3 Å². The largest absolute Gasteiger partial charge is 0.268 e. The number of nitrogens with zero attached hydrogens (tertiary/aromatic N) is 1. The van der Waals surface area contributed by atoms with Crippen LogP contribution in [-0.4, -0.2) is 10.2 Å². The molecule has 1 aromatic carbocycles. The van der Waals surface area contributed by atoms with Crippen molar-refractivity contribution in [3.8, 4) is 11.3 Å². The molecule has 0 radical (unpaired) electrons. The van der Waals surface area contributed by atoms with Crippen LogP contribution in [0.1, 0.15) is 0 Å². The van der Waals surface area contributed by atoms with Gasteiger partial charge in [0.15, 0.2) is 0 Å². The first-order valence-corrected chi connectivity index (χ1v) is 4.98. The Morgan fingerprint density at radius 1 is 1.27 bits per heavy atom. The molecule has 5 heteroatoms. The Bertz CT molecular complexity index is 533. The van der Waals surface area contributed by atoms with Crippen molar-refractivity contribution in [2.45, 2.75) is 0 Å². The summed E-state index contributed by atoms with van der Waals surface area (Å²) in [6, 6.07) is 7.54. The van der Waals surface area contributed by atoms with Crippen LogP contribution in [0.3, 0.4) is 0 Å². The lowest BCUT2D eigenvalue weighted by atomic mass is 10.1. The highest BCUT2D eigenvalue weighted by Gasteiger charge is 2.08. The summed E-state index contributed by atoms with van der Waals surface area (Å²) in [6.07, 6.45) is 0. The monoisotopic (exact) mass is 268 g/mol. The van der Waals surface area contributed by atoms with E-state index in [9.17, 15) is 9.18 Å². The minimum absolute atomic E-state index is 0.286. The predicted octanol–water partition coefficient (Wildman–Crippen LogP) is 2.34. The van der Waals surface area contributed by atoms with Crippen LogP contribution in [0.2, 0.25) is 0 Å². The van der Waals surface area contributed by atoms with Crippen molar-refractivity contribution in [1.29, 1.82) is 0 Å². The highest BCUT2D eigenvalue weighted by atomic mass is 79.9. The van der Waals surface area contributed by atoms with Crippen molar-refractivity contribution < 1.29 is 4.39 Å². The lowest BCUT2D eigenvalue weighted by Crippen LogP contribution is -2.05. The van der Waals surface area contributed by atoms with E-state index in [0.29, 0.717) is 15.7 Å². The van der Waals surface area contributed by atoms with Gasteiger partial charge in [0.2, 0.25) is 0 Å². The van der Waals surface area contributed by atoms with E-state index in [4.69, 9.17) is 0 Å². The van der Waals surface area contributed by atoms with Gasteiger partial charge in [-0.2, -0.15) is 5.10 Å². The first-order valence-electron chi connectivity index (χ1n) is 4.18. The molecule has 0 saturated heterocycles. The van der Waals surface area contributed by atoms with E-state index in [1.54, 1.807) is 18.2 Å². The minimum Gasteiger partial charge on any atom is -0.268 e. The van der Waals surface area contributed by atoms with Gasteiger partial charge in [-0.25, -0.2) is 9.49 Å². The molecule has 2 aromatic rings. The third-order valence-electron chi connectivity index (χ3n) is 1.91. The Labute approximate surface area is 93.1 Å². The van der Waals surface area contributed by atoms with E-state index in [1.165, 1.54) is 12.1 Å². The molecular weight excluding hydrogens is 263 g/mol. The van der Waals surface area contributed by atoms with Crippen LogP contribution in [0, 0.1) is 5.82 Å². The maximum Gasteiger partial charge on any atom is 0.264 e. The fourth-order valence-electron chi connectivity index (χ4n) is 1.20. The molecule has 0 atom stereocenters. The fourth-order valence-corrected chi connectivity index (χ4v) is 1.66. The molecule has 0 aliphatic heterocycles. The SMILES string of the molecule is O=c1ccc(-c2cccc(F)c2Br)n[nH]1. The summed E-state index contributed by atoms with van der Waals surface area (Å²) in [5.74, 6) is -0.361. The third-order valence-corrected chi connectivity index (χ3v) is 2.71. The molecule has 0 aliphatic rings. The molecule has 0 spiro atoms. The zero-order valence-corrected chi connectivity index (χ0v) is 9.08. The molecule has 1 N–H and O–H groups in total. The summed E-state index contributed by atoms with van der Waals surface area (Å²) < 4.78 is 13.5. The van der Waals surface area contributed by atoms with Crippen LogP contribution in [-0.2, 0) is 0 Å². The van der Waals surface area contributed by atoms with E-state index in [0.717, 1.165) is 0 Å². The standard InChI is InChI=1S/C10H6BrFN2O/c11-10-6(2-1-3-7(10)12)8-4-5-9(15)14-13-8/h1-5H,(H,14,15). The molecule has 1 aromatic heterocycles. The Balaban J connectivity index is 2.59. The van der Waals surface area contributed by atoms with Crippen LogP contribution >= 0.6 is 15.9 Å². The Hall–Kier alpha value is -1.49. The summed E-state index contributed by atoms with van der Waals surface area (Å²) in [7, 11) is 0. The first kappa shape index (κ1) is 10.0. The smallest absolute Gasteiger partial charge is 0.264 e. The number of aromatic nitrogens is 2. The number of nitrogens with one attached hydrogen (secondary N) is 1. The number of rotatable bonds is 1. The maximum absolute atomic E-state index is 13.2. The van der Waals surface area contributed by atoms with Crippen LogP contribution in [0.15, 0.2) is 39.6 Å². The second-order valence-electron chi connectivity index (χ2n) is 2.91. The number of halogens is 2. The van der Waals surface area contributed by atoms with Crippen LogP contribution < -0.4 is 5.56 Å². The normalized spacial score (nSPS) is 10.3. The van der Waals surface area contributed by atoms with Crippen LogP contribution in [0.4, 0.5) is 4.39 Å². The lowest BCUT2D eigenvalue weighted by molar-refractivity contribution is 0.621. The Kier molecular flexibility index (Phi) is 2.64. The summed E-state index contributed by atoms with van der Waals surface area (Å²) >= 11 is 3.13. The van der Waals surface area contributed by atoms with Crippen molar-refractivity contribution in [3.63, 3.8) is 0 Å². The van der Waals surface area contributed by atoms with E-state index < -0.39 is 0 Å². The van der Waals surface area contributed by atoms with E-state index >= 15 is 0 Å². The van der Waals surface area contributed by atoms with Gasteiger partial charge in [0, 0.05) is 11.6 Å². The van der Waals surface area contributed by atoms with Gasteiger partial charge in [0.05, 0.1) is 10.2 Å². The first-order chi connectivity index (χ1) is 7.18. The second kappa shape index (κ2) is 3.94. The highest BCUT2D eigenvalue weighted by Crippen LogP contribution is 2.27. The molecule has 76 valence electrons. The average molecular weight is 269 g/mol. The average Bonchev–Trinajstić information content (AvgIpc) is 2.24. The van der Waals surface area contributed by atoms with Crippen molar-refractivity contribution in [1.82, 2.24) is 10.2 Å². The van der Waals surface area contributed by atoms with Gasteiger partial charge in [-0.1, -0.05) is 12.1 Å². The van der Waals surface area contributed by atoms with Gasteiger partial charge in [0.1, 0.15) is 5.82 Å². The van der Waals surface area contributed by atoms with Gasteiger partial charge in [-0.15, -0.1) is 0 Å². The Morgan fingerprint density at radius 3 is 2.73 bits per heavy atom. The van der Waals surface area contributed by atoms with Gasteiger partial charge in [-0.3, -0.25) is 4.79 Å². The summed E-state index contributed by atoms with van der Waals surface area (Å²) in [5.41, 5.74) is 0.832. The van der Waals surface area contributed by atoms with Crippen LogP contribution in [0.5, 0.6) is 0 Å². The molecule has 0 amide bonds. The van der Waals surface area contributed by atoms with Crippen molar-refractivity contribution in [2.75, 3.05) is 0 Å². The molecule has 2 rings (SSSR count). The molecular formula is C10H6BrFN2O. The van der Waals surface area contributed by atoms with Crippen molar-refractivity contribution >= 4 is 15.9 Å². The van der Waals surface area contributed by atoms with Gasteiger partial charge in [0.25, 0.3) is 5.56 Å². The number of benzene rings is 1. The van der Waals surface area contributed by atoms with Gasteiger partial charge >= 0.3 is 0 Å². The molecule has 0 unspecified atom stereocenters. The number of H-pyrrole nitrogens is 1. The summed E-state index contributed by atoms with van der Waals surface area (Å²) in [6.45, 7) is 0. The minimum atomic E-state index is -0.361. The number of hydrogen-bond acceptors (Lipinski definition) is 2. The molecule has 1 heterocycles. The van der Waals surface area contributed by atoms with Crippen molar-refractivity contribution in [3.05, 3.63) is 51.0 Å². The summed E-state index contributed by atoms with van der Waals surface area (Å²) in [4.78, 5) is 10.8. The molecule has 0 bridgehead atoms. The molecule has 15 heavy (non-hydrogen) atoms. The predicted molar refractivity (Wildman–Crippen MR) is 58.0 cm³/mol. The zero-order valence-electron chi connectivity index (χ0n) is 7.50. The topological polar surface area (TPSA) is 45.8 Å². The third kappa shape index (κ3) is 1.97. The van der Waals surface area contributed by atoms with E-state index in [1.807, 2.05) is 0 Å². The number of hydrogen-bond donors (Lipinski definition) is 1. The summed E-state index contributed by atoms with van der Waals surface area (Å²) in [5, 5.41) is 6.11. The maximum atomic E-state index is 13.2. The lowest BCUT2D eigenvalue weighted by Gasteiger charge is -2.03. The second-order valence-corrected chi connectivity index (χ2v) is 3.70. The van der Waals surface area contributed by atoms with Crippen molar-refractivity contribution in [2.24, 2.45) is 0 Å². The van der Waals surface area contributed by atoms with Gasteiger partial charge < -0.3 is 0 Å².